The number of hydrogen-bond acceptors (Lipinski definition) is 3. The molecule has 0 aliphatic carbocycles. The summed E-state index contributed by atoms with van der Waals surface area (Å²) in [6.45, 7) is 2.58. The SMILES string of the molecule is CCOc1cccc(-c2nccnc2Cl)c1. The molecule has 0 atom stereocenters. The molecule has 0 fully saturated rings. The van der Waals surface area contributed by atoms with E-state index in [2.05, 4.69) is 9.97 Å². The van der Waals surface area contributed by atoms with Crippen molar-refractivity contribution in [3.8, 4) is 17.0 Å². The number of aromatic nitrogens is 2. The molecule has 0 N–H and O–H groups in total. The summed E-state index contributed by atoms with van der Waals surface area (Å²) in [6, 6.07) is 7.64. The molecule has 0 amide bonds. The van der Waals surface area contributed by atoms with Crippen LogP contribution in [-0.2, 0) is 0 Å². The number of nitrogens with zero attached hydrogens (tertiary/aromatic N) is 2. The van der Waals surface area contributed by atoms with Crippen LogP contribution in [-0.4, -0.2) is 16.6 Å². The summed E-state index contributed by atoms with van der Waals surface area (Å²) in [5.74, 6) is 0.807. The molecule has 4 heteroatoms. The molecular weight excluding hydrogens is 224 g/mol. The molecule has 0 radical (unpaired) electrons. The van der Waals surface area contributed by atoms with Gasteiger partial charge in [-0.15, -0.1) is 0 Å². The first-order valence-electron chi connectivity index (χ1n) is 5.01. The largest absolute Gasteiger partial charge is 0.494 e. The minimum atomic E-state index is 0.399. The van der Waals surface area contributed by atoms with Crippen LogP contribution >= 0.6 is 11.6 Å². The molecule has 0 bridgehead atoms. The number of hydrogen-bond donors (Lipinski definition) is 0. The maximum atomic E-state index is 5.97. The third-order valence-electron chi connectivity index (χ3n) is 2.07. The highest BCUT2D eigenvalue weighted by Crippen LogP contribution is 2.26. The molecule has 0 unspecified atom stereocenters. The maximum Gasteiger partial charge on any atom is 0.155 e. The Morgan fingerprint density at radius 1 is 1.25 bits per heavy atom. The van der Waals surface area contributed by atoms with Gasteiger partial charge in [-0.25, -0.2) is 4.98 Å². The molecule has 0 saturated heterocycles. The Morgan fingerprint density at radius 3 is 2.81 bits per heavy atom. The molecule has 0 spiro atoms. The highest BCUT2D eigenvalue weighted by molar-refractivity contribution is 6.31. The Kier molecular flexibility index (Phi) is 3.37. The molecule has 1 aromatic carbocycles. The van der Waals surface area contributed by atoms with Crippen molar-refractivity contribution in [3.63, 3.8) is 0 Å². The third kappa shape index (κ3) is 2.31. The van der Waals surface area contributed by atoms with E-state index in [0.29, 0.717) is 17.5 Å². The molecule has 0 saturated carbocycles. The molecule has 0 aliphatic rings. The molecule has 2 aromatic rings. The Morgan fingerprint density at radius 2 is 2.06 bits per heavy atom. The lowest BCUT2D eigenvalue weighted by molar-refractivity contribution is 0.340. The Bertz CT molecular complexity index is 488. The summed E-state index contributed by atoms with van der Waals surface area (Å²) in [5.41, 5.74) is 1.58. The summed E-state index contributed by atoms with van der Waals surface area (Å²) in [6.07, 6.45) is 3.19. The van der Waals surface area contributed by atoms with Gasteiger partial charge < -0.3 is 4.74 Å². The molecule has 2 rings (SSSR count). The first-order valence-corrected chi connectivity index (χ1v) is 5.39. The lowest BCUT2D eigenvalue weighted by atomic mass is 10.1. The first-order chi connectivity index (χ1) is 7.81. The maximum absolute atomic E-state index is 5.97. The molecular formula is C12H11ClN2O. The van der Waals surface area contributed by atoms with Crippen molar-refractivity contribution in [2.75, 3.05) is 6.61 Å². The minimum Gasteiger partial charge on any atom is -0.494 e. The Balaban J connectivity index is 2.40. The zero-order valence-corrected chi connectivity index (χ0v) is 9.61. The number of rotatable bonds is 3. The summed E-state index contributed by atoms with van der Waals surface area (Å²) < 4.78 is 5.42. The summed E-state index contributed by atoms with van der Waals surface area (Å²) >= 11 is 5.97. The van der Waals surface area contributed by atoms with Crippen LogP contribution in [0.3, 0.4) is 0 Å². The highest BCUT2D eigenvalue weighted by Gasteiger charge is 2.06. The average Bonchev–Trinajstić information content (AvgIpc) is 2.30. The van der Waals surface area contributed by atoms with E-state index in [9.17, 15) is 0 Å². The normalized spacial score (nSPS) is 10.1. The second-order valence-corrected chi connectivity index (χ2v) is 3.51. The van der Waals surface area contributed by atoms with Crippen LogP contribution in [0.5, 0.6) is 5.75 Å². The molecule has 1 heterocycles. The topological polar surface area (TPSA) is 35.0 Å². The van der Waals surface area contributed by atoms with Crippen molar-refractivity contribution in [1.29, 1.82) is 0 Å². The highest BCUT2D eigenvalue weighted by atomic mass is 35.5. The van der Waals surface area contributed by atoms with Crippen molar-refractivity contribution < 1.29 is 4.74 Å². The van der Waals surface area contributed by atoms with Gasteiger partial charge in [-0.05, 0) is 19.1 Å². The van der Waals surface area contributed by atoms with E-state index in [1.165, 1.54) is 0 Å². The zero-order chi connectivity index (χ0) is 11.4. The predicted octanol–water partition coefficient (Wildman–Crippen LogP) is 3.20. The number of halogens is 1. The molecule has 16 heavy (non-hydrogen) atoms. The van der Waals surface area contributed by atoms with Crippen LogP contribution in [0.25, 0.3) is 11.3 Å². The quantitative estimate of drug-likeness (QED) is 0.818. The zero-order valence-electron chi connectivity index (χ0n) is 8.85. The number of ether oxygens (including phenoxy) is 1. The van der Waals surface area contributed by atoms with Gasteiger partial charge in [0.15, 0.2) is 5.15 Å². The van der Waals surface area contributed by atoms with Crippen molar-refractivity contribution >= 4 is 11.6 Å². The van der Waals surface area contributed by atoms with Gasteiger partial charge in [0, 0.05) is 18.0 Å². The van der Waals surface area contributed by atoms with Crippen LogP contribution in [0.4, 0.5) is 0 Å². The fourth-order valence-electron chi connectivity index (χ4n) is 1.41. The van der Waals surface area contributed by atoms with Gasteiger partial charge >= 0.3 is 0 Å². The van der Waals surface area contributed by atoms with Gasteiger partial charge in [0.25, 0.3) is 0 Å². The standard InChI is InChI=1S/C12H11ClN2O/c1-2-16-10-5-3-4-9(8-10)11-12(13)15-7-6-14-11/h3-8H,2H2,1H3. The van der Waals surface area contributed by atoms with Gasteiger partial charge in [-0.3, -0.25) is 4.98 Å². The van der Waals surface area contributed by atoms with Gasteiger partial charge in [0.05, 0.1) is 6.61 Å². The van der Waals surface area contributed by atoms with Crippen LogP contribution in [0.15, 0.2) is 36.7 Å². The molecule has 0 aliphatic heterocycles. The summed E-state index contributed by atoms with van der Waals surface area (Å²) in [4.78, 5) is 8.19. The molecule has 82 valence electrons. The third-order valence-corrected chi connectivity index (χ3v) is 2.35. The van der Waals surface area contributed by atoms with Crippen molar-refractivity contribution in [2.24, 2.45) is 0 Å². The van der Waals surface area contributed by atoms with Crippen molar-refractivity contribution in [1.82, 2.24) is 9.97 Å². The summed E-state index contributed by atoms with van der Waals surface area (Å²) in [5, 5.41) is 0.399. The lowest BCUT2D eigenvalue weighted by Crippen LogP contribution is -1.92. The lowest BCUT2D eigenvalue weighted by Gasteiger charge is -2.06. The van der Waals surface area contributed by atoms with E-state index < -0.39 is 0 Å². The van der Waals surface area contributed by atoms with E-state index in [-0.39, 0.29) is 0 Å². The molecule has 3 nitrogen and oxygen atoms in total. The van der Waals surface area contributed by atoms with Gasteiger partial charge in [0.1, 0.15) is 11.4 Å². The average molecular weight is 235 g/mol. The van der Waals surface area contributed by atoms with Crippen molar-refractivity contribution in [2.45, 2.75) is 6.92 Å². The van der Waals surface area contributed by atoms with Crippen LogP contribution < -0.4 is 4.74 Å². The van der Waals surface area contributed by atoms with E-state index >= 15 is 0 Å². The van der Waals surface area contributed by atoms with Crippen molar-refractivity contribution in [3.05, 3.63) is 41.8 Å². The summed E-state index contributed by atoms with van der Waals surface area (Å²) in [7, 11) is 0. The Hall–Kier alpha value is -1.61. The predicted molar refractivity (Wildman–Crippen MR) is 63.6 cm³/mol. The van der Waals surface area contributed by atoms with E-state index in [4.69, 9.17) is 16.3 Å². The monoisotopic (exact) mass is 234 g/mol. The second-order valence-electron chi connectivity index (χ2n) is 3.16. The minimum absolute atomic E-state index is 0.399. The van der Waals surface area contributed by atoms with E-state index in [1.807, 2.05) is 31.2 Å². The van der Waals surface area contributed by atoms with Crippen LogP contribution in [0.1, 0.15) is 6.92 Å². The van der Waals surface area contributed by atoms with Gasteiger partial charge in [0.2, 0.25) is 0 Å². The fourth-order valence-corrected chi connectivity index (χ4v) is 1.63. The van der Waals surface area contributed by atoms with E-state index in [1.54, 1.807) is 12.4 Å². The number of benzene rings is 1. The van der Waals surface area contributed by atoms with Crippen LogP contribution in [0.2, 0.25) is 5.15 Å². The van der Waals surface area contributed by atoms with Crippen LogP contribution in [0, 0.1) is 0 Å². The fraction of sp³-hybridized carbons (Fsp3) is 0.167. The molecule has 1 aromatic heterocycles. The van der Waals surface area contributed by atoms with Gasteiger partial charge in [-0.1, -0.05) is 23.7 Å². The second kappa shape index (κ2) is 4.94. The Labute approximate surface area is 99.1 Å². The van der Waals surface area contributed by atoms with E-state index in [0.717, 1.165) is 11.3 Å². The van der Waals surface area contributed by atoms with Gasteiger partial charge in [-0.2, -0.15) is 0 Å². The first kappa shape index (κ1) is 10.9. The smallest absolute Gasteiger partial charge is 0.155 e.